The van der Waals surface area contributed by atoms with Crippen LogP contribution in [0, 0.1) is 10.1 Å². The summed E-state index contributed by atoms with van der Waals surface area (Å²) < 4.78 is 26.6. The number of benzene rings is 1. The zero-order chi connectivity index (χ0) is 15.8. The number of nitro benzene ring substituents is 1. The van der Waals surface area contributed by atoms with Crippen molar-refractivity contribution in [3.8, 4) is 0 Å². The van der Waals surface area contributed by atoms with Crippen LogP contribution in [-0.4, -0.2) is 41.2 Å². The third-order valence-corrected chi connectivity index (χ3v) is 6.28. The fourth-order valence-electron chi connectivity index (χ4n) is 2.32. The van der Waals surface area contributed by atoms with Gasteiger partial charge < -0.3 is 5.73 Å². The molecule has 21 heavy (non-hydrogen) atoms. The summed E-state index contributed by atoms with van der Waals surface area (Å²) in [6.07, 6.45) is 0. The number of rotatable bonds is 3. The fraction of sp³-hybridized carbons (Fsp3) is 0.500. The predicted molar refractivity (Wildman–Crippen MR) is 82.8 cm³/mol. The maximum Gasteiger partial charge on any atom is 0.293 e. The lowest BCUT2D eigenvalue weighted by Crippen LogP contribution is -2.43. The van der Waals surface area contributed by atoms with Crippen molar-refractivity contribution >= 4 is 33.2 Å². The van der Waals surface area contributed by atoms with Crippen molar-refractivity contribution in [2.75, 3.05) is 18.8 Å². The SMILES string of the molecule is CC1CN(S(=O)(=O)c2ccc(N)c([N+](=O)[O-])c2)CC(C)S1. The molecule has 1 aliphatic rings. The summed E-state index contributed by atoms with van der Waals surface area (Å²) in [5.41, 5.74) is 5.07. The van der Waals surface area contributed by atoms with Crippen LogP contribution in [0.2, 0.25) is 0 Å². The highest BCUT2D eigenvalue weighted by Gasteiger charge is 2.33. The molecule has 1 aliphatic heterocycles. The maximum atomic E-state index is 12.6. The van der Waals surface area contributed by atoms with Gasteiger partial charge in [-0.1, -0.05) is 13.8 Å². The van der Waals surface area contributed by atoms with E-state index in [0.717, 1.165) is 6.07 Å². The van der Waals surface area contributed by atoms with Crippen LogP contribution in [0.4, 0.5) is 11.4 Å². The molecule has 0 saturated carbocycles. The van der Waals surface area contributed by atoms with E-state index < -0.39 is 14.9 Å². The van der Waals surface area contributed by atoms with E-state index in [9.17, 15) is 18.5 Å². The lowest BCUT2D eigenvalue weighted by molar-refractivity contribution is -0.384. The van der Waals surface area contributed by atoms with Crippen molar-refractivity contribution in [2.45, 2.75) is 29.2 Å². The molecule has 0 amide bonds. The monoisotopic (exact) mass is 331 g/mol. The number of thioether (sulfide) groups is 1. The van der Waals surface area contributed by atoms with Crippen molar-refractivity contribution in [1.29, 1.82) is 0 Å². The average Bonchev–Trinajstić information content (AvgIpc) is 2.37. The number of nitrogens with two attached hydrogens (primary N) is 1. The van der Waals surface area contributed by atoms with Gasteiger partial charge >= 0.3 is 0 Å². The molecule has 2 N–H and O–H groups in total. The number of anilines is 1. The molecule has 0 spiro atoms. The molecule has 0 aromatic heterocycles. The summed E-state index contributed by atoms with van der Waals surface area (Å²) in [5, 5.41) is 11.3. The first-order valence-electron chi connectivity index (χ1n) is 6.41. The van der Waals surface area contributed by atoms with Crippen LogP contribution in [-0.2, 0) is 10.0 Å². The van der Waals surface area contributed by atoms with Gasteiger partial charge in [-0.2, -0.15) is 16.1 Å². The van der Waals surface area contributed by atoms with E-state index in [1.807, 2.05) is 13.8 Å². The third-order valence-electron chi connectivity index (χ3n) is 3.22. The second kappa shape index (κ2) is 5.82. The molecule has 0 radical (unpaired) electrons. The Balaban J connectivity index is 2.40. The first-order chi connectivity index (χ1) is 9.71. The predicted octanol–water partition coefficient (Wildman–Crippen LogP) is 1.69. The van der Waals surface area contributed by atoms with E-state index >= 15 is 0 Å². The van der Waals surface area contributed by atoms with Gasteiger partial charge in [0.1, 0.15) is 5.69 Å². The Morgan fingerprint density at radius 3 is 2.43 bits per heavy atom. The van der Waals surface area contributed by atoms with E-state index in [1.54, 1.807) is 11.8 Å². The molecule has 9 heteroatoms. The van der Waals surface area contributed by atoms with Crippen molar-refractivity contribution in [3.05, 3.63) is 28.3 Å². The van der Waals surface area contributed by atoms with Crippen LogP contribution in [0.15, 0.2) is 23.1 Å². The molecule has 0 bridgehead atoms. The summed E-state index contributed by atoms with van der Waals surface area (Å²) in [6, 6.07) is 3.60. The fourth-order valence-corrected chi connectivity index (χ4v) is 5.47. The largest absolute Gasteiger partial charge is 0.393 e. The normalized spacial score (nSPS) is 23.9. The Bertz CT molecular complexity index is 652. The maximum absolute atomic E-state index is 12.6. The molecule has 0 aliphatic carbocycles. The van der Waals surface area contributed by atoms with Gasteiger partial charge in [0, 0.05) is 29.7 Å². The quantitative estimate of drug-likeness (QED) is 0.513. The zero-order valence-corrected chi connectivity index (χ0v) is 13.4. The van der Waals surface area contributed by atoms with Crippen molar-refractivity contribution in [2.24, 2.45) is 0 Å². The molecule has 2 atom stereocenters. The first-order valence-corrected chi connectivity index (χ1v) is 8.79. The Morgan fingerprint density at radius 2 is 1.90 bits per heavy atom. The number of sulfonamides is 1. The second-order valence-corrected chi connectivity index (χ2v) is 8.88. The molecule has 7 nitrogen and oxygen atoms in total. The Hall–Kier alpha value is -1.32. The Kier molecular flexibility index (Phi) is 4.45. The molecular formula is C12H17N3O4S2. The summed E-state index contributed by atoms with van der Waals surface area (Å²) in [6.45, 7) is 4.73. The van der Waals surface area contributed by atoms with E-state index in [0.29, 0.717) is 13.1 Å². The highest BCUT2D eigenvalue weighted by atomic mass is 32.2. The van der Waals surface area contributed by atoms with Gasteiger partial charge in [-0.3, -0.25) is 10.1 Å². The van der Waals surface area contributed by atoms with Gasteiger partial charge in [-0.05, 0) is 12.1 Å². The molecule has 1 heterocycles. The molecule has 2 unspecified atom stereocenters. The molecule has 1 fully saturated rings. The van der Waals surface area contributed by atoms with Crippen molar-refractivity contribution in [3.63, 3.8) is 0 Å². The zero-order valence-electron chi connectivity index (χ0n) is 11.7. The summed E-state index contributed by atoms with van der Waals surface area (Å²) in [5.74, 6) is 0. The molecule has 1 aromatic rings. The van der Waals surface area contributed by atoms with E-state index in [2.05, 4.69) is 0 Å². The Morgan fingerprint density at radius 1 is 1.33 bits per heavy atom. The van der Waals surface area contributed by atoms with Crippen molar-refractivity contribution in [1.82, 2.24) is 4.31 Å². The van der Waals surface area contributed by atoms with E-state index in [-0.39, 0.29) is 26.8 Å². The number of hydrogen-bond donors (Lipinski definition) is 1. The number of hydrogen-bond acceptors (Lipinski definition) is 6. The van der Waals surface area contributed by atoms with Crippen LogP contribution < -0.4 is 5.73 Å². The number of nitro groups is 1. The van der Waals surface area contributed by atoms with Crippen LogP contribution >= 0.6 is 11.8 Å². The highest BCUT2D eigenvalue weighted by Crippen LogP contribution is 2.31. The summed E-state index contributed by atoms with van der Waals surface area (Å²) in [7, 11) is -3.74. The number of nitrogen functional groups attached to an aromatic ring is 1. The molecular weight excluding hydrogens is 314 g/mol. The van der Waals surface area contributed by atoms with Gasteiger partial charge in [-0.25, -0.2) is 8.42 Å². The third kappa shape index (κ3) is 3.30. The van der Waals surface area contributed by atoms with Gasteiger partial charge in [0.25, 0.3) is 5.69 Å². The smallest absolute Gasteiger partial charge is 0.293 e. The van der Waals surface area contributed by atoms with Gasteiger partial charge in [0.05, 0.1) is 9.82 Å². The average molecular weight is 331 g/mol. The first kappa shape index (κ1) is 16.1. The van der Waals surface area contributed by atoms with Gasteiger partial charge in [0.2, 0.25) is 10.0 Å². The summed E-state index contributed by atoms with van der Waals surface area (Å²) >= 11 is 1.73. The lowest BCUT2D eigenvalue weighted by atomic mass is 10.3. The lowest BCUT2D eigenvalue weighted by Gasteiger charge is -2.33. The minimum Gasteiger partial charge on any atom is -0.393 e. The molecule has 1 aromatic carbocycles. The van der Waals surface area contributed by atoms with Crippen LogP contribution in [0.5, 0.6) is 0 Å². The van der Waals surface area contributed by atoms with E-state index in [4.69, 9.17) is 5.73 Å². The molecule has 1 saturated heterocycles. The van der Waals surface area contributed by atoms with Crippen LogP contribution in [0.25, 0.3) is 0 Å². The van der Waals surface area contributed by atoms with Gasteiger partial charge in [0.15, 0.2) is 0 Å². The topological polar surface area (TPSA) is 107 Å². The summed E-state index contributed by atoms with van der Waals surface area (Å²) in [4.78, 5) is 10.1. The standard InChI is InChI=1S/C12H17N3O4S2/c1-8-6-14(7-9(2)20-8)21(18,19)10-3-4-11(13)12(5-10)15(16)17/h3-5,8-9H,6-7,13H2,1-2H3. The molecule has 2 rings (SSSR count). The highest BCUT2D eigenvalue weighted by molar-refractivity contribution is 8.00. The minimum absolute atomic E-state index is 0.0464. The minimum atomic E-state index is -3.74. The van der Waals surface area contributed by atoms with Gasteiger partial charge in [-0.15, -0.1) is 0 Å². The second-order valence-electron chi connectivity index (χ2n) is 5.06. The number of nitrogens with zero attached hydrogens (tertiary/aromatic N) is 2. The van der Waals surface area contributed by atoms with Crippen molar-refractivity contribution < 1.29 is 13.3 Å². The van der Waals surface area contributed by atoms with Crippen LogP contribution in [0.1, 0.15) is 13.8 Å². The van der Waals surface area contributed by atoms with E-state index in [1.165, 1.54) is 16.4 Å². The molecule has 116 valence electrons. The Labute approximate surface area is 127 Å². The van der Waals surface area contributed by atoms with Crippen LogP contribution in [0.3, 0.4) is 0 Å².